The number of nitrogens with zero attached hydrogens (tertiary/aromatic N) is 2. The number of amides is 2. The van der Waals surface area contributed by atoms with E-state index in [-0.39, 0.29) is 18.0 Å². The van der Waals surface area contributed by atoms with E-state index >= 15 is 0 Å². The van der Waals surface area contributed by atoms with Gasteiger partial charge in [0, 0.05) is 29.4 Å². The van der Waals surface area contributed by atoms with Crippen molar-refractivity contribution < 1.29 is 9.59 Å². The van der Waals surface area contributed by atoms with Gasteiger partial charge in [-0.05, 0) is 62.6 Å². The molecule has 0 saturated carbocycles. The first kappa shape index (κ1) is 17.9. The Kier molecular flexibility index (Phi) is 4.79. The highest BCUT2D eigenvalue weighted by molar-refractivity contribution is 6.31. The summed E-state index contributed by atoms with van der Waals surface area (Å²) in [5.41, 5.74) is 2.70. The highest BCUT2D eigenvalue weighted by Crippen LogP contribution is 2.35. The molecule has 1 N–H and O–H groups in total. The van der Waals surface area contributed by atoms with Crippen LogP contribution < -0.4 is 10.2 Å². The van der Waals surface area contributed by atoms with Gasteiger partial charge in [-0.15, -0.1) is 0 Å². The summed E-state index contributed by atoms with van der Waals surface area (Å²) < 4.78 is 0. The average Bonchev–Trinajstić information content (AvgIpc) is 2.68. The Hall–Kier alpha value is -2.53. The lowest BCUT2D eigenvalue weighted by Gasteiger charge is -2.47. The molecule has 2 aromatic carbocycles. The summed E-state index contributed by atoms with van der Waals surface area (Å²) in [4.78, 5) is 29.8. The van der Waals surface area contributed by atoms with Gasteiger partial charge < -0.3 is 15.1 Å². The predicted molar refractivity (Wildman–Crippen MR) is 108 cm³/mol. The molecule has 0 aromatic heterocycles. The van der Waals surface area contributed by atoms with Crippen LogP contribution in [0.3, 0.4) is 0 Å². The molecular weight excluding hydrogens is 362 g/mol. The number of piperidine rings is 1. The van der Waals surface area contributed by atoms with Crippen molar-refractivity contribution in [3.8, 4) is 0 Å². The van der Waals surface area contributed by atoms with Crippen LogP contribution in [0, 0.1) is 0 Å². The first-order chi connectivity index (χ1) is 13.1. The molecule has 5 nitrogen and oxygen atoms in total. The lowest BCUT2D eigenvalue weighted by molar-refractivity contribution is 0.0582. The second-order valence-corrected chi connectivity index (χ2v) is 7.39. The average molecular weight is 384 g/mol. The topological polar surface area (TPSA) is 52.7 Å². The van der Waals surface area contributed by atoms with Gasteiger partial charge in [0.2, 0.25) is 0 Å². The number of fused-ring (bicyclic) bond motifs is 2. The van der Waals surface area contributed by atoms with E-state index in [0.29, 0.717) is 21.8 Å². The second-order valence-electron chi connectivity index (χ2n) is 6.96. The third-order valence-electron chi connectivity index (χ3n) is 5.31. The molecule has 140 valence electrons. The van der Waals surface area contributed by atoms with Gasteiger partial charge in [0.25, 0.3) is 11.8 Å². The molecule has 1 fully saturated rings. The van der Waals surface area contributed by atoms with Gasteiger partial charge in [0.05, 0.1) is 11.3 Å². The Morgan fingerprint density at radius 3 is 2.85 bits per heavy atom. The smallest absolute Gasteiger partial charge is 0.257 e. The number of nitrogens with one attached hydrogen (secondary N) is 1. The Morgan fingerprint density at radius 1 is 1.22 bits per heavy atom. The van der Waals surface area contributed by atoms with Crippen molar-refractivity contribution in [1.82, 2.24) is 4.90 Å². The number of rotatable bonds is 3. The Labute approximate surface area is 163 Å². The molecule has 2 aliphatic heterocycles. The monoisotopic (exact) mass is 383 g/mol. The molecule has 27 heavy (non-hydrogen) atoms. The molecule has 0 aliphatic carbocycles. The SMILES string of the molecule is CCN1c2cc(C(=O)Nc3cccc(Cl)c3)ccc2C(=O)N2CCCC[C@H]21. The lowest BCUT2D eigenvalue weighted by Crippen LogP contribution is -2.57. The maximum absolute atomic E-state index is 12.9. The van der Waals surface area contributed by atoms with E-state index in [0.717, 1.165) is 38.0 Å². The molecule has 6 heteroatoms. The zero-order valence-corrected chi connectivity index (χ0v) is 16.0. The Morgan fingerprint density at radius 2 is 2.07 bits per heavy atom. The van der Waals surface area contributed by atoms with Crippen LogP contribution in [0.25, 0.3) is 0 Å². The third kappa shape index (κ3) is 3.28. The van der Waals surface area contributed by atoms with Crippen LogP contribution in [0.1, 0.15) is 46.9 Å². The highest BCUT2D eigenvalue weighted by atomic mass is 35.5. The molecule has 0 spiro atoms. The zero-order valence-electron chi connectivity index (χ0n) is 15.2. The van der Waals surface area contributed by atoms with Gasteiger partial charge in [0.15, 0.2) is 0 Å². The second kappa shape index (κ2) is 7.24. The van der Waals surface area contributed by atoms with Crippen LogP contribution in [0.2, 0.25) is 5.02 Å². The number of halogens is 1. The summed E-state index contributed by atoms with van der Waals surface area (Å²) >= 11 is 5.99. The van der Waals surface area contributed by atoms with Gasteiger partial charge in [-0.1, -0.05) is 17.7 Å². The fourth-order valence-electron chi connectivity index (χ4n) is 4.03. The number of benzene rings is 2. The van der Waals surface area contributed by atoms with Gasteiger partial charge in [-0.3, -0.25) is 9.59 Å². The van der Waals surface area contributed by atoms with Crippen molar-refractivity contribution in [3.63, 3.8) is 0 Å². The maximum Gasteiger partial charge on any atom is 0.257 e. The minimum absolute atomic E-state index is 0.0706. The van der Waals surface area contributed by atoms with Crippen molar-refractivity contribution in [2.24, 2.45) is 0 Å². The minimum Gasteiger partial charge on any atom is -0.351 e. The molecule has 0 unspecified atom stereocenters. The number of carbonyl (C=O) groups is 2. The van der Waals surface area contributed by atoms with Gasteiger partial charge in [-0.2, -0.15) is 0 Å². The number of hydrogen-bond acceptors (Lipinski definition) is 3. The number of anilines is 2. The summed E-state index contributed by atoms with van der Waals surface area (Å²) in [5.74, 6) is -0.143. The molecular formula is C21H22ClN3O2. The maximum atomic E-state index is 12.9. The van der Waals surface area contributed by atoms with Crippen LogP contribution in [0.4, 0.5) is 11.4 Å². The fraction of sp³-hybridized carbons (Fsp3) is 0.333. The number of carbonyl (C=O) groups excluding carboxylic acids is 2. The lowest BCUT2D eigenvalue weighted by atomic mass is 9.97. The molecule has 1 atom stereocenters. The van der Waals surface area contributed by atoms with Crippen molar-refractivity contribution in [3.05, 3.63) is 58.6 Å². The molecule has 0 bridgehead atoms. The van der Waals surface area contributed by atoms with E-state index in [9.17, 15) is 9.59 Å². The standard InChI is InChI=1S/C21H22ClN3O2/c1-2-24-18-12-14(20(26)23-16-7-5-6-15(22)13-16)9-10-17(18)21(27)25-11-4-3-8-19(24)25/h5-7,9-10,12-13,19H,2-4,8,11H2,1H3,(H,23,26)/t19-/m0/s1. The predicted octanol–water partition coefficient (Wildman–Crippen LogP) is 4.38. The normalized spacial score (nSPS) is 18.7. The van der Waals surface area contributed by atoms with Crippen molar-refractivity contribution in [1.29, 1.82) is 0 Å². The third-order valence-corrected chi connectivity index (χ3v) is 5.55. The molecule has 2 aliphatic rings. The molecule has 2 aromatic rings. The van der Waals surface area contributed by atoms with Crippen LogP contribution in [0.5, 0.6) is 0 Å². The summed E-state index contributed by atoms with van der Waals surface area (Å²) in [6.45, 7) is 3.68. The Balaban J connectivity index is 1.66. The van der Waals surface area contributed by atoms with E-state index in [4.69, 9.17) is 11.6 Å². The van der Waals surface area contributed by atoms with E-state index in [1.54, 1.807) is 36.4 Å². The minimum atomic E-state index is -0.213. The van der Waals surface area contributed by atoms with Gasteiger partial charge in [0.1, 0.15) is 6.17 Å². The molecule has 2 amide bonds. The van der Waals surface area contributed by atoms with E-state index in [1.165, 1.54) is 0 Å². The number of hydrogen-bond donors (Lipinski definition) is 1. The van der Waals surface area contributed by atoms with Crippen molar-refractivity contribution in [2.45, 2.75) is 32.4 Å². The van der Waals surface area contributed by atoms with E-state index < -0.39 is 0 Å². The Bertz CT molecular complexity index is 899. The molecule has 2 heterocycles. The van der Waals surface area contributed by atoms with Gasteiger partial charge in [-0.25, -0.2) is 0 Å². The zero-order chi connectivity index (χ0) is 19.0. The van der Waals surface area contributed by atoms with E-state index in [1.807, 2.05) is 11.0 Å². The quantitative estimate of drug-likeness (QED) is 0.855. The van der Waals surface area contributed by atoms with E-state index in [2.05, 4.69) is 17.1 Å². The highest BCUT2D eigenvalue weighted by Gasteiger charge is 2.38. The molecule has 4 rings (SSSR count). The van der Waals surface area contributed by atoms with Crippen molar-refractivity contribution >= 4 is 34.8 Å². The van der Waals surface area contributed by atoms with Gasteiger partial charge >= 0.3 is 0 Å². The first-order valence-corrected chi connectivity index (χ1v) is 9.75. The van der Waals surface area contributed by atoms with Crippen LogP contribution in [-0.4, -0.2) is 36.0 Å². The van der Waals surface area contributed by atoms with Crippen LogP contribution in [-0.2, 0) is 0 Å². The summed E-state index contributed by atoms with van der Waals surface area (Å²) in [7, 11) is 0. The summed E-state index contributed by atoms with van der Waals surface area (Å²) in [6, 6.07) is 12.4. The molecule has 1 saturated heterocycles. The summed E-state index contributed by atoms with van der Waals surface area (Å²) in [6.07, 6.45) is 3.23. The van der Waals surface area contributed by atoms with Crippen LogP contribution in [0.15, 0.2) is 42.5 Å². The first-order valence-electron chi connectivity index (χ1n) is 9.37. The largest absolute Gasteiger partial charge is 0.351 e. The molecule has 0 radical (unpaired) electrons. The van der Waals surface area contributed by atoms with Crippen LogP contribution >= 0.6 is 11.6 Å². The van der Waals surface area contributed by atoms with Crippen molar-refractivity contribution in [2.75, 3.05) is 23.3 Å². The fourth-order valence-corrected chi connectivity index (χ4v) is 4.22. The summed E-state index contributed by atoms with van der Waals surface area (Å²) in [5, 5.41) is 3.44.